The average molecular weight is 282 g/mol. The minimum Gasteiger partial charge on any atom is -0.396 e. The van der Waals surface area contributed by atoms with E-state index >= 15 is 0 Å². The summed E-state index contributed by atoms with van der Waals surface area (Å²) in [5.41, 5.74) is 12.5. The molecule has 0 aliphatic rings. The topological polar surface area (TPSA) is 81.1 Å². The van der Waals surface area contributed by atoms with E-state index in [4.69, 9.17) is 23.1 Å². The lowest BCUT2D eigenvalue weighted by atomic mass is 10.1. The van der Waals surface area contributed by atoms with Crippen LogP contribution in [-0.2, 0) is 6.54 Å². The summed E-state index contributed by atoms with van der Waals surface area (Å²) in [7, 11) is 0. The molecule has 2 aromatic rings. The molecule has 1 heterocycles. The monoisotopic (exact) mass is 281 g/mol. The zero-order chi connectivity index (χ0) is 13.1. The summed E-state index contributed by atoms with van der Waals surface area (Å²) < 4.78 is 0.741. The fraction of sp³-hybridized carbons (Fsp3) is 0.0833. The van der Waals surface area contributed by atoms with Crippen LogP contribution in [0.1, 0.15) is 15.2 Å². The SMILES string of the molecule is NC(=O)c1cccc(NCc2ccc(Cl)s2)c1N. The smallest absolute Gasteiger partial charge is 0.250 e. The van der Waals surface area contributed by atoms with Crippen molar-refractivity contribution < 1.29 is 4.79 Å². The molecule has 0 saturated heterocycles. The number of rotatable bonds is 4. The number of halogens is 1. The third-order valence-corrected chi connectivity index (χ3v) is 3.68. The van der Waals surface area contributed by atoms with Crippen molar-refractivity contribution in [1.29, 1.82) is 0 Å². The number of hydrogen-bond acceptors (Lipinski definition) is 4. The van der Waals surface area contributed by atoms with Gasteiger partial charge in [0.15, 0.2) is 0 Å². The second-order valence-electron chi connectivity index (χ2n) is 3.69. The molecule has 0 atom stereocenters. The van der Waals surface area contributed by atoms with Crippen LogP contribution in [0.15, 0.2) is 30.3 Å². The molecule has 0 aliphatic carbocycles. The molecule has 4 nitrogen and oxygen atoms in total. The van der Waals surface area contributed by atoms with Gasteiger partial charge in [-0.3, -0.25) is 4.79 Å². The molecule has 0 bridgehead atoms. The number of anilines is 2. The molecule has 94 valence electrons. The van der Waals surface area contributed by atoms with Crippen LogP contribution in [0, 0.1) is 0 Å². The molecule has 0 aliphatic heterocycles. The zero-order valence-electron chi connectivity index (χ0n) is 9.44. The van der Waals surface area contributed by atoms with E-state index in [0.717, 1.165) is 9.21 Å². The zero-order valence-corrected chi connectivity index (χ0v) is 11.0. The van der Waals surface area contributed by atoms with Crippen molar-refractivity contribution >= 4 is 40.2 Å². The van der Waals surface area contributed by atoms with Crippen LogP contribution in [0.5, 0.6) is 0 Å². The van der Waals surface area contributed by atoms with Crippen LogP contribution in [0.3, 0.4) is 0 Å². The third kappa shape index (κ3) is 2.75. The summed E-state index contributed by atoms with van der Waals surface area (Å²) in [4.78, 5) is 12.2. The van der Waals surface area contributed by atoms with Gasteiger partial charge in [0.2, 0.25) is 0 Å². The van der Waals surface area contributed by atoms with Gasteiger partial charge in [-0.15, -0.1) is 11.3 Å². The number of thiophene rings is 1. The first-order valence-corrected chi connectivity index (χ1v) is 6.43. The Hall–Kier alpha value is -1.72. The number of hydrogen-bond donors (Lipinski definition) is 3. The molecular weight excluding hydrogens is 270 g/mol. The van der Waals surface area contributed by atoms with Crippen LogP contribution in [0.25, 0.3) is 0 Å². The molecule has 0 radical (unpaired) electrons. The predicted octanol–water partition coefficient (Wildman–Crippen LogP) is 2.69. The Labute approximate surface area is 114 Å². The number of nitrogens with one attached hydrogen (secondary N) is 1. The number of carbonyl (C=O) groups excluding carboxylic acids is 1. The van der Waals surface area contributed by atoms with E-state index in [1.165, 1.54) is 11.3 Å². The number of nitrogen functional groups attached to an aromatic ring is 1. The van der Waals surface area contributed by atoms with Crippen LogP contribution >= 0.6 is 22.9 Å². The second kappa shape index (κ2) is 5.29. The summed E-state index contributed by atoms with van der Waals surface area (Å²) in [6.07, 6.45) is 0. The van der Waals surface area contributed by atoms with Gasteiger partial charge in [-0.25, -0.2) is 0 Å². The maximum atomic E-state index is 11.2. The highest BCUT2D eigenvalue weighted by atomic mass is 35.5. The molecule has 1 amide bonds. The van der Waals surface area contributed by atoms with E-state index in [-0.39, 0.29) is 0 Å². The average Bonchev–Trinajstić information content (AvgIpc) is 2.73. The van der Waals surface area contributed by atoms with E-state index in [1.807, 2.05) is 12.1 Å². The Morgan fingerprint density at radius 1 is 1.33 bits per heavy atom. The molecule has 18 heavy (non-hydrogen) atoms. The Morgan fingerprint density at radius 2 is 2.11 bits per heavy atom. The first-order chi connectivity index (χ1) is 8.58. The summed E-state index contributed by atoms with van der Waals surface area (Å²) in [6, 6.07) is 8.92. The minimum atomic E-state index is -0.532. The highest BCUT2D eigenvalue weighted by molar-refractivity contribution is 7.16. The summed E-state index contributed by atoms with van der Waals surface area (Å²) >= 11 is 7.34. The number of primary amides is 1. The normalized spacial score (nSPS) is 10.3. The highest BCUT2D eigenvalue weighted by Crippen LogP contribution is 2.25. The van der Waals surface area contributed by atoms with Crippen LogP contribution in [0.4, 0.5) is 11.4 Å². The fourth-order valence-electron chi connectivity index (χ4n) is 1.56. The molecule has 0 saturated carbocycles. The first kappa shape index (κ1) is 12.7. The number of para-hydroxylation sites is 1. The lowest BCUT2D eigenvalue weighted by Gasteiger charge is -2.10. The quantitative estimate of drug-likeness (QED) is 0.754. The molecule has 0 fully saturated rings. The van der Waals surface area contributed by atoms with Crippen molar-refractivity contribution in [2.75, 3.05) is 11.1 Å². The van der Waals surface area contributed by atoms with Crippen molar-refractivity contribution in [3.8, 4) is 0 Å². The molecule has 1 aromatic carbocycles. The number of benzene rings is 1. The molecule has 0 unspecified atom stereocenters. The van der Waals surface area contributed by atoms with Gasteiger partial charge in [0.1, 0.15) is 0 Å². The van der Waals surface area contributed by atoms with Crippen molar-refractivity contribution in [2.24, 2.45) is 5.73 Å². The maximum Gasteiger partial charge on any atom is 0.250 e. The van der Waals surface area contributed by atoms with Gasteiger partial charge in [-0.05, 0) is 24.3 Å². The molecule has 2 rings (SSSR count). The maximum absolute atomic E-state index is 11.2. The molecule has 1 aromatic heterocycles. The Morgan fingerprint density at radius 3 is 2.72 bits per heavy atom. The van der Waals surface area contributed by atoms with Gasteiger partial charge in [0.05, 0.1) is 21.3 Å². The van der Waals surface area contributed by atoms with Crippen molar-refractivity contribution in [3.63, 3.8) is 0 Å². The van der Waals surface area contributed by atoms with Crippen molar-refractivity contribution in [3.05, 3.63) is 45.1 Å². The fourth-order valence-corrected chi connectivity index (χ4v) is 2.59. The van der Waals surface area contributed by atoms with Gasteiger partial charge in [0.25, 0.3) is 5.91 Å². The largest absolute Gasteiger partial charge is 0.396 e. The molecule has 6 heteroatoms. The Balaban J connectivity index is 2.14. The van der Waals surface area contributed by atoms with Gasteiger partial charge in [0, 0.05) is 11.4 Å². The number of carbonyl (C=O) groups is 1. The standard InChI is InChI=1S/C12H12ClN3OS/c13-10-5-4-7(18-10)6-16-9-3-1-2-8(11(9)14)12(15)17/h1-5,16H,6,14H2,(H2,15,17). The van der Waals surface area contributed by atoms with Gasteiger partial charge in [-0.2, -0.15) is 0 Å². The van der Waals surface area contributed by atoms with Crippen LogP contribution in [-0.4, -0.2) is 5.91 Å². The van der Waals surface area contributed by atoms with Gasteiger partial charge in [-0.1, -0.05) is 17.7 Å². The minimum absolute atomic E-state index is 0.323. The molecular formula is C12H12ClN3OS. The number of amides is 1. The van der Waals surface area contributed by atoms with Crippen molar-refractivity contribution in [2.45, 2.75) is 6.54 Å². The van der Waals surface area contributed by atoms with Gasteiger partial charge >= 0.3 is 0 Å². The molecule has 0 spiro atoms. The van der Waals surface area contributed by atoms with E-state index in [9.17, 15) is 4.79 Å². The summed E-state index contributed by atoms with van der Waals surface area (Å²) in [5.74, 6) is -0.532. The van der Waals surface area contributed by atoms with Crippen LogP contribution in [0.2, 0.25) is 4.34 Å². The summed E-state index contributed by atoms with van der Waals surface area (Å²) in [6.45, 7) is 0.601. The van der Waals surface area contributed by atoms with E-state index < -0.39 is 5.91 Å². The number of nitrogens with two attached hydrogens (primary N) is 2. The van der Waals surface area contributed by atoms with E-state index in [2.05, 4.69) is 5.32 Å². The van der Waals surface area contributed by atoms with E-state index in [0.29, 0.717) is 23.5 Å². The van der Waals surface area contributed by atoms with E-state index in [1.54, 1.807) is 18.2 Å². The third-order valence-electron chi connectivity index (χ3n) is 2.45. The van der Waals surface area contributed by atoms with Crippen molar-refractivity contribution in [1.82, 2.24) is 0 Å². The molecule has 5 N–H and O–H groups in total. The Bertz CT molecular complexity index is 582. The lowest BCUT2D eigenvalue weighted by molar-refractivity contribution is 0.100. The van der Waals surface area contributed by atoms with Gasteiger partial charge < -0.3 is 16.8 Å². The summed E-state index contributed by atoms with van der Waals surface area (Å²) in [5, 5.41) is 3.16. The van der Waals surface area contributed by atoms with Crippen LogP contribution < -0.4 is 16.8 Å². The highest BCUT2D eigenvalue weighted by Gasteiger charge is 2.09. The second-order valence-corrected chi connectivity index (χ2v) is 5.49. The Kier molecular flexibility index (Phi) is 3.74. The lowest BCUT2D eigenvalue weighted by Crippen LogP contribution is -2.14. The first-order valence-electron chi connectivity index (χ1n) is 5.24. The predicted molar refractivity (Wildman–Crippen MR) is 76.0 cm³/mol.